The molecule has 1 N–H and O–H groups in total. The normalized spacial score (nSPS) is 11.1. The van der Waals surface area contributed by atoms with Crippen LogP contribution in [0, 0.1) is 0 Å². The molecule has 0 aliphatic heterocycles. The van der Waals surface area contributed by atoms with Gasteiger partial charge in [0.25, 0.3) is 5.91 Å². The maximum Gasteiger partial charge on any atom is 0.417 e. The summed E-state index contributed by atoms with van der Waals surface area (Å²) in [5.41, 5.74) is -0.846. The highest BCUT2D eigenvalue weighted by atomic mass is 35.5. The van der Waals surface area contributed by atoms with E-state index in [4.69, 9.17) is 16.3 Å². The van der Waals surface area contributed by atoms with Crippen LogP contribution in [0.15, 0.2) is 36.5 Å². The van der Waals surface area contributed by atoms with Gasteiger partial charge in [-0.3, -0.25) is 4.79 Å². The Morgan fingerprint density at radius 1 is 1.27 bits per heavy atom. The molecular weight excluding hydrogens is 321 g/mol. The molecule has 0 unspecified atom stereocenters. The quantitative estimate of drug-likeness (QED) is 0.925. The number of methoxy groups -OCH3 is 1. The minimum atomic E-state index is -4.60. The number of carbonyl (C=O) groups is 1. The van der Waals surface area contributed by atoms with Gasteiger partial charge in [-0.1, -0.05) is 11.6 Å². The Kier molecular flexibility index (Phi) is 4.56. The van der Waals surface area contributed by atoms with Crippen molar-refractivity contribution in [2.75, 3.05) is 12.4 Å². The number of nitrogens with zero attached hydrogens (tertiary/aromatic N) is 1. The molecule has 0 atom stereocenters. The van der Waals surface area contributed by atoms with E-state index in [1.165, 1.54) is 31.5 Å². The molecule has 0 radical (unpaired) electrons. The average molecular weight is 331 g/mol. The van der Waals surface area contributed by atoms with Gasteiger partial charge in [-0.25, -0.2) is 4.98 Å². The minimum absolute atomic E-state index is 0.0162. The molecule has 0 aliphatic carbocycles. The Bertz CT molecular complexity index is 687. The fraction of sp³-hybridized carbons (Fsp3) is 0.143. The van der Waals surface area contributed by atoms with Crippen LogP contribution in [0.4, 0.5) is 18.9 Å². The molecule has 116 valence electrons. The largest absolute Gasteiger partial charge is 0.481 e. The summed E-state index contributed by atoms with van der Waals surface area (Å²) >= 11 is 5.51. The number of amides is 1. The zero-order valence-electron chi connectivity index (χ0n) is 11.2. The molecule has 2 aromatic rings. The van der Waals surface area contributed by atoms with Gasteiger partial charge in [0, 0.05) is 18.0 Å². The number of benzene rings is 1. The Balaban J connectivity index is 2.21. The van der Waals surface area contributed by atoms with Crippen molar-refractivity contribution < 1.29 is 22.7 Å². The number of rotatable bonds is 3. The maximum absolute atomic E-state index is 12.8. The minimum Gasteiger partial charge on any atom is -0.481 e. The predicted octanol–water partition coefficient (Wildman–Crippen LogP) is 4.01. The van der Waals surface area contributed by atoms with Crippen LogP contribution in [0.3, 0.4) is 0 Å². The number of hydrogen-bond acceptors (Lipinski definition) is 3. The highest BCUT2D eigenvalue weighted by Crippen LogP contribution is 2.36. The Hall–Kier alpha value is -2.28. The SMILES string of the molecule is COc1ccc(C(=O)Nc2ccc(Cl)c(C(F)(F)F)c2)cn1. The Labute approximate surface area is 128 Å². The number of alkyl halides is 3. The first-order valence-electron chi connectivity index (χ1n) is 5.99. The fourth-order valence-electron chi connectivity index (χ4n) is 1.66. The van der Waals surface area contributed by atoms with Crippen LogP contribution in [-0.4, -0.2) is 18.0 Å². The Morgan fingerprint density at radius 2 is 2.00 bits per heavy atom. The molecule has 0 fully saturated rings. The number of aromatic nitrogens is 1. The maximum atomic E-state index is 12.8. The standard InChI is InChI=1S/C14H10ClF3N2O2/c1-22-12-5-2-8(7-19-12)13(21)20-9-3-4-11(15)10(6-9)14(16,17)18/h2-7H,1H3,(H,20,21). The smallest absolute Gasteiger partial charge is 0.417 e. The molecule has 1 amide bonds. The average Bonchev–Trinajstić information content (AvgIpc) is 2.48. The topological polar surface area (TPSA) is 51.2 Å². The summed E-state index contributed by atoms with van der Waals surface area (Å²) < 4.78 is 43.1. The van der Waals surface area contributed by atoms with Crippen molar-refractivity contribution >= 4 is 23.2 Å². The summed E-state index contributed by atoms with van der Waals surface area (Å²) in [6.07, 6.45) is -3.34. The van der Waals surface area contributed by atoms with Crippen LogP contribution in [-0.2, 0) is 6.18 Å². The van der Waals surface area contributed by atoms with Crippen molar-refractivity contribution in [2.45, 2.75) is 6.18 Å². The van der Waals surface area contributed by atoms with Crippen molar-refractivity contribution in [3.63, 3.8) is 0 Å². The molecule has 2 rings (SSSR count). The summed E-state index contributed by atoms with van der Waals surface area (Å²) in [4.78, 5) is 15.8. The summed E-state index contributed by atoms with van der Waals surface area (Å²) in [7, 11) is 1.43. The zero-order valence-corrected chi connectivity index (χ0v) is 12.0. The molecule has 0 bridgehead atoms. The zero-order chi connectivity index (χ0) is 16.3. The van der Waals surface area contributed by atoms with Gasteiger partial charge in [-0.2, -0.15) is 13.2 Å². The third-order valence-corrected chi connectivity index (χ3v) is 3.07. The highest BCUT2D eigenvalue weighted by molar-refractivity contribution is 6.31. The first kappa shape index (κ1) is 16.1. The van der Waals surface area contributed by atoms with E-state index in [2.05, 4.69) is 10.3 Å². The monoisotopic (exact) mass is 330 g/mol. The van der Waals surface area contributed by atoms with E-state index in [0.29, 0.717) is 5.88 Å². The van der Waals surface area contributed by atoms with Gasteiger partial charge in [0.1, 0.15) is 0 Å². The molecule has 22 heavy (non-hydrogen) atoms. The molecular formula is C14H10ClF3N2O2. The molecule has 0 aliphatic rings. The van der Waals surface area contributed by atoms with Gasteiger partial charge in [0.05, 0.1) is 23.3 Å². The summed E-state index contributed by atoms with van der Waals surface area (Å²) in [6.45, 7) is 0. The molecule has 0 spiro atoms. The molecule has 8 heteroatoms. The predicted molar refractivity (Wildman–Crippen MR) is 75.2 cm³/mol. The van der Waals surface area contributed by atoms with Crippen LogP contribution in [0.25, 0.3) is 0 Å². The number of ether oxygens (including phenoxy) is 1. The Morgan fingerprint density at radius 3 is 2.55 bits per heavy atom. The molecule has 1 aromatic heterocycles. The number of nitrogens with one attached hydrogen (secondary N) is 1. The molecule has 1 heterocycles. The van der Waals surface area contributed by atoms with E-state index in [9.17, 15) is 18.0 Å². The van der Waals surface area contributed by atoms with Crippen molar-refractivity contribution in [2.24, 2.45) is 0 Å². The van der Waals surface area contributed by atoms with Crippen molar-refractivity contribution in [1.29, 1.82) is 0 Å². The molecule has 0 saturated carbocycles. The first-order valence-corrected chi connectivity index (χ1v) is 6.37. The lowest BCUT2D eigenvalue weighted by Gasteiger charge is -2.11. The van der Waals surface area contributed by atoms with E-state index in [0.717, 1.165) is 12.1 Å². The first-order chi connectivity index (χ1) is 10.3. The van der Waals surface area contributed by atoms with Crippen molar-refractivity contribution in [3.05, 3.63) is 52.7 Å². The van der Waals surface area contributed by atoms with Crippen LogP contribution in [0.2, 0.25) is 5.02 Å². The second-order valence-corrected chi connectivity index (χ2v) is 4.64. The number of hydrogen-bond donors (Lipinski definition) is 1. The number of halogens is 4. The van der Waals surface area contributed by atoms with Crippen LogP contribution in [0.1, 0.15) is 15.9 Å². The number of carbonyl (C=O) groups excluding carboxylic acids is 1. The lowest BCUT2D eigenvalue weighted by Crippen LogP contribution is -2.13. The van der Waals surface area contributed by atoms with E-state index in [-0.39, 0.29) is 11.3 Å². The van der Waals surface area contributed by atoms with Crippen LogP contribution in [0.5, 0.6) is 5.88 Å². The third kappa shape index (κ3) is 3.67. The van der Waals surface area contributed by atoms with Crippen molar-refractivity contribution in [1.82, 2.24) is 4.98 Å². The lowest BCUT2D eigenvalue weighted by molar-refractivity contribution is -0.137. The number of anilines is 1. The van der Waals surface area contributed by atoms with E-state index >= 15 is 0 Å². The molecule has 1 aromatic carbocycles. The molecule has 4 nitrogen and oxygen atoms in total. The lowest BCUT2D eigenvalue weighted by atomic mass is 10.2. The number of pyridine rings is 1. The van der Waals surface area contributed by atoms with E-state index in [1.54, 1.807) is 0 Å². The van der Waals surface area contributed by atoms with Gasteiger partial charge in [0.2, 0.25) is 5.88 Å². The second-order valence-electron chi connectivity index (χ2n) is 4.24. The van der Waals surface area contributed by atoms with Gasteiger partial charge in [0.15, 0.2) is 0 Å². The highest BCUT2D eigenvalue weighted by Gasteiger charge is 2.33. The molecule has 0 saturated heterocycles. The third-order valence-electron chi connectivity index (χ3n) is 2.74. The van der Waals surface area contributed by atoms with Gasteiger partial charge < -0.3 is 10.1 Å². The summed E-state index contributed by atoms with van der Waals surface area (Å²) in [5, 5.41) is 1.92. The van der Waals surface area contributed by atoms with Gasteiger partial charge in [-0.15, -0.1) is 0 Å². The van der Waals surface area contributed by atoms with E-state index < -0.39 is 22.7 Å². The van der Waals surface area contributed by atoms with E-state index in [1.807, 2.05) is 0 Å². The van der Waals surface area contributed by atoms with Crippen molar-refractivity contribution in [3.8, 4) is 5.88 Å². The van der Waals surface area contributed by atoms with Crippen LogP contribution < -0.4 is 10.1 Å². The van der Waals surface area contributed by atoms with Gasteiger partial charge >= 0.3 is 6.18 Å². The summed E-state index contributed by atoms with van der Waals surface area (Å²) in [5.74, 6) is -0.270. The summed E-state index contributed by atoms with van der Waals surface area (Å²) in [6, 6.07) is 6.05. The second kappa shape index (κ2) is 6.23. The van der Waals surface area contributed by atoms with Gasteiger partial charge in [-0.05, 0) is 24.3 Å². The fourth-order valence-corrected chi connectivity index (χ4v) is 1.88. The van der Waals surface area contributed by atoms with Crippen LogP contribution >= 0.6 is 11.6 Å².